The largest absolute Gasteiger partial charge is 0.356 e. The molecule has 0 radical (unpaired) electrons. The number of aromatic nitrogens is 3. The third-order valence-electron chi connectivity index (χ3n) is 6.11. The van der Waals surface area contributed by atoms with Crippen LogP contribution in [-0.2, 0) is 0 Å². The predicted molar refractivity (Wildman–Crippen MR) is 135 cm³/mol. The Hall–Kier alpha value is -2.74. The van der Waals surface area contributed by atoms with Crippen molar-refractivity contribution in [2.24, 2.45) is 17.8 Å². The van der Waals surface area contributed by atoms with Gasteiger partial charge in [-0.05, 0) is 36.3 Å². The maximum atomic E-state index is 14.3. The topological polar surface area (TPSA) is 53.7 Å². The summed E-state index contributed by atoms with van der Waals surface area (Å²) in [7, 11) is 0. The van der Waals surface area contributed by atoms with E-state index in [4.69, 9.17) is 11.6 Å². The number of hydrogen-bond acceptors (Lipinski definition) is 4. The van der Waals surface area contributed by atoms with Crippen molar-refractivity contribution in [3.63, 3.8) is 0 Å². The molecule has 3 aromatic rings. The van der Waals surface area contributed by atoms with E-state index in [1.54, 1.807) is 16.6 Å². The van der Waals surface area contributed by atoms with Gasteiger partial charge in [0.15, 0.2) is 11.3 Å². The first kappa shape index (κ1) is 25.4. The minimum Gasteiger partial charge on any atom is -0.356 e. The monoisotopic (exact) mass is 503 g/mol. The molecule has 1 atom stereocenters. The maximum absolute atomic E-state index is 14.3. The van der Waals surface area contributed by atoms with E-state index < -0.39 is 16.7 Å². The minimum atomic E-state index is -0.848. The fourth-order valence-electron chi connectivity index (χ4n) is 4.56. The molecule has 1 aromatic carbocycles. The van der Waals surface area contributed by atoms with E-state index in [2.05, 4.69) is 49.6 Å². The van der Waals surface area contributed by atoms with Crippen LogP contribution in [0.25, 0.3) is 16.9 Å². The fraction of sp³-hybridized carbons (Fsp3) is 0.500. The zero-order valence-corrected chi connectivity index (χ0v) is 21.6. The first-order chi connectivity index (χ1) is 16.5. The molecule has 0 bridgehead atoms. The van der Waals surface area contributed by atoms with Gasteiger partial charge in [-0.15, -0.1) is 0 Å². The number of rotatable bonds is 7. The number of carbonyl (C=O) groups is 1. The van der Waals surface area contributed by atoms with Crippen LogP contribution in [0.2, 0.25) is 5.02 Å². The molecular weight excluding hydrogens is 472 g/mol. The first-order valence-electron chi connectivity index (χ1n) is 12.1. The molecule has 3 heterocycles. The van der Waals surface area contributed by atoms with E-state index in [9.17, 15) is 13.6 Å². The van der Waals surface area contributed by atoms with E-state index in [1.165, 1.54) is 12.1 Å². The molecular formula is C26H32ClF2N5O. The molecule has 0 aliphatic carbocycles. The Kier molecular flexibility index (Phi) is 7.31. The van der Waals surface area contributed by atoms with Gasteiger partial charge in [0.2, 0.25) is 0 Å². The maximum Gasteiger partial charge on any atom is 0.274 e. The van der Waals surface area contributed by atoms with Crippen LogP contribution < -0.4 is 4.90 Å². The highest BCUT2D eigenvalue weighted by Crippen LogP contribution is 2.30. The van der Waals surface area contributed by atoms with Crippen LogP contribution in [0, 0.1) is 29.4 Å². The lowest BCUT2D eigenvalue weighted by Gasteiger charge is -2.29. The molecule has 2 aromatic heterocycles. The molecule has 188 valence electrons. The Morgan fingerprint density at radius 1 is 1.11 bits per heavy atom. The summed E-state index contributed by atoms with van der Waals surface area (Å²) < 4.78 is 30.2. The first-order valence-corrected chi connectivity index (χ1v) is 12.5. The highest BCUT2D eigenvalue weighted by atomic mass is 35.5. The number of hydrogen-bond donors (Lipinski definition) is 0. The second kappa shape index (κ2) is 10.1. The Balaban J connectivity index is 1.87. The number of benzene rings is 1. The summed E-state index contributed by atoms with van der Waals surface area (Å²) in [5, 5.41) is 4.11. The quantitative estimate of drug-likeness (QED) is 0.375. The standard InChI is InChI=1S/C26H32ClF2N5O/c1-15(2)12-33(13-16(3)4)24-11-21(18-8-19(28)25(27)20(29)9-18)30-23-10-22(31-34(23)24)26(35)32-7-6-17(5)14-32/h8-11,15-17H,6-7,12-14H2,1-5H3. The van der Waals surface area contributed by atoms with Gasteiger partial charge in [0.1, 0.15) is 22.5 Å². The Morgan fingerprint density at radius 3 is 2.29 bits per heavy atom. The molecule has 1 aliphatic rings. The molecule has 1 aliphatic heterocycles. The number of amides is 1. The van der Waals surface area contributed by atoms with Gasteiger partial charge in [0, 0.05) is 43.9 Å². The molecule has 1 unspecified atom stereocenters. The second-order valence-electron chi connectivity index (χ2n) is 10.4. The van der Waals surface area contributed by atoms with Gasteiger partial charge in [-0.3, -0.25) is 4.79 Å². The van der Waals surface area contributed by atoms with E-state index >= 15 is 0 Å². The average molecular weight is 504 g/mol. The van der Waals surface area contributed by atoms with Gasteiger partial charge >= 0.3 is 0 Å². The van der Waals surface area contributed by atoms with Crippen LogP contribution in [0.3, 0.4) is 0 Å². The van der Waals surface area contributed by atoms with Crippen molar-refractivity contribution in [3.8, 4) is 11.3 Å². The van der Waals surface area contributed by atoms with Crippen molar-refractivity contribution >= 4 is 29.0 Å². The van der Waals surface area contributed by atoms with Crippen LogP contribution in [-0.4, -0.2) is 51.6 Å². The predicted octanol–water partition coefficient (Wildman–Crippen LogP) is 5.93. The molecule has 1 amide bonds. The van der Waals surface area contributed by atoms with Crippen molar-refractivity contribution in [1.29, 1.82) is 0 Å². The van der Waals surface area contributed by atoms with Crippen LogP contribution in [0.5, 0.6) is 0 Å². The number of carbonyl (C=O) groups excluding carboxylic acids is 1. The SMILES string of the molecule is CC(C)CN(CC(C)C)c1cc(-c2cc(F)c(Cl)c(F)c2)nc2cc(C(=O)N3CCC(C)C3)nn12. The highest BCUT2D eigenvalue weighted by molar-refractivity contribution is 6.31. The summed E-state index contributed by atoms with van der Waals surface area (Å²) in [6, 6.07) is 5.79. The zero-order valence-electron chi connectivity index (χ0n) is 20.9. The molecule has 35 heavy (non-hydrogen) atoms. The zero-order chi connectivity index (χ0) is 25.4. The molecule has 4 rings (SSSR count). The summed E-state index contributed by atoms with van der Waals surface area (Å²) in [6.07, 6.45) is 0.969. The number of nitrogens with zero attached hydrogens (tertiary/aromatic N) is 5. The van der Waals surface area contributed by atoms with Gasteiger partial charge in [-0.1, -0.05) is 46.2 Å². The Labute approximate surface area is 209 Å². The Bertz CT molecular complexity index is 1210. The van der Waals surface area contributed by atoms with Crippen LogP contribution in [0.4, 0.5) is 14.6 Å². The smallest absolute Gasteiger partial charge is 0.274 e. The number of anilines is 1. The lowest BCUT2D eigenvalue weighted by Crippen LogP contribution is -2.33. The molecule has 6 nitrogen and oxygen atoms in total. The molecule has 0 saturated carbocycles. The third kappa shape index (κ3) is 5.42. The molecule has 9 heteroatoms. The van der Waals surface area contributed by atoms with Gasteiger partial charge in [-0.25, -0.2) is 13.8 Å². The Morgan fingerprint density at radius 2 is 1.74 bits per heavy atom. The van der Waals surface area contributed by atoms with Gasteiger partial charge in [0.05, 0.1) is 5.69 Å². The summed E-state index contributed by atoms with van der Waals surface area (Å²) in [5.74, 6) is 0.0604. The van der Waals surface area contributed by atoms with E-state index in [1.807, 2.05) is 4.90 Å². The van der Waals surface area contributed by atoms with Gasteiger partial charge in [-0.2, -0.15) is 9.61 Å². The molecule has 0 N–H and O–H groups in total. The van der Waals surface area contributed by atoms with Crippen LogP contribution in [0.15, 0.2) is 24.3 Å². The normalized spacial score (nSPS) is 16.2. The van der Waals surface area contributed by atoms with E-state index in [0.29, 0.717) is 47.9 Å². The lowest BCUT2D eigenvalue weighted by atomic mass is 10.1. The molecule has 1 fully saturated rings. The highest BCUT2D eigenvalue weighted by Gasteiger charge is 2.27. The summed E-state index contributed by atoms with van der Waals surface area (Å²) in [6.45, 7) is 13.5. The van der Waals surface area contributed by atoms with Crippen LogP contribution >= 0.6 is 11.6 Å². The van der Waals surface area contributed by atoms with Crippen molar-refractivity contribution in [3.05, 3.63) is 46.6 Å². The summed E-state index contributed by atoms with van der Waals surface area (Å²) in [5.41, 5.74) is 1.41. The third-order valence-corrected chi connectivity index (χ3v) is 6.47. The molecule has 1 saturated heterocycles. The van der Waals surface area contributed by atoms with E-state index in [0.717, 1.165) is 25.3 Å². The van der Waals surface area contributed by atoms with Crippen molar-refractivity contribution in [2.75, 3.05) is 31.1 Å². The second-order valence-corrected chi connectivity index (χ2v) is 10.8. The average Bonchev–Trinajstić information content (AvgIpc) is 3.41. The minimum absolute atomic E-state index is 0.129. The molecule has 0 spiro atoms. The fourth-order valence-corrected chi connectivity index (χ4v) is 4.67. The number of halogens is 3. The summed E-state index contributed by atoms with van der Waals surface area (Å²) in [4.78, 5) is 21.8. The van der Waals surface area contributed by atoms with Crippen LogP contribution in [0.1, 0.15) is 51.5 Å². The van der Waals surface area contributed by atoms with E-state index in [-0.39, 0.29) is 11.5 Å². The summed E-state index contributed by atoms with van der Waals surface area (Å²) >= 11 is 5.70. The number of likely N-dealkylation sites (tertiary alicyclic amines) is 1. The number of fused-ring (bicyclic) bond motifs is 1. The van der Waals surface area contributed by atoms with Gasteiger partial charge < -0.3 is 9.80 Å². The van der Waals surface area contributed by atoms with Crippen molar-refractivity contribution < 1.29 is 13.6 Å². The van der Waals surface area contributed by atoms with Crippen molar-refractivity contribution in [2.45, 2.75) is 41.0 Å². The van der Waals surface area contributed by atoms with Crippen molar-refractivity contribution in [1.82, 2.24) is 19.5 Å². The lowest BCUT2D eigenvalue weighted by molar-refractivity contribution is 0.0782. The van der Waals surface area contributed by atoms with Gasteiger partial charge in [0.25, 0.3) is 5.91 Å².